The second-order valence-electron chi connectivity index (χ2n) is 6.46. The summed E-state index contributed by atoms with van der Waals surface area (Å²) in [4.78, 5) is 29.4. The first-order chi connectivity index (χ1) is 12.7. The van der Waals surface area contributed by atoms with Crippen LogP contribution < -0.4 is 5.32 Å². The molecule has 27 heavy (non-hydrogen) atoms. The van der Waals surface area contributed by atoms with E-state index < -0.39 is 33.9 Å². The third-order valence-corrected chi connectivity index (χ3v) is 7.19. The van der Waals surface area contributed by atoms with Gasteiger partial charge in [-0.05, 0) is 20.3 Å². The van der Waals surface area contributed by atoms with Crippen molar-refractivity contribution in [1.82, 2.24) is 10.3 Å². The van der Waals surface area contributed by atoms with Gasteiger partial charge in [-0.2, -0.15) is 0 Å². The molecule has 1 amide bonds. The Bertz CT molecular complexity index is 953. The van der Waals surface area contributed by atoms with Crippen LogP contribution in [0.2, 0.25) is 0 Å². The molecule has 1 fully saturated rings. The number of esters is 1. The number of amides is 1. The van der Waals surface area contributed by atoms with Gasteiger partial charge in [-0.25, -0.2) is 18.2 Å². The average Bonchev–Trinajstić information content (AvgIpc) is 3.17. The number of thiazole rings is 1. The minimum Gasteiger partial charge on any atom is -0.448 e. The van der Waals surface area contributed by atoms with Crippen LogP contribution in [0, 0.1) is 6.92 Å². The summed E-state index contributed by atoms with van der Waals surface area (Å²) in [5.74, 6) is -1.13. The first-order valence-corrected chi connectivity index (χ1v) is 11.1. The molecular weight excluding hydrogens is 388 g/mol. The van der Waals surface area contributed by atoms with Gasteiger partial charge in [-0.1, -0.05) is 30.3 Å². The molecule has 9 heteroatoms. The van der Waals surface area contributed by atoms with Gasteiger partial charge in [0.05, 0.1) is 17.2 Å². The molecule has 0 bridgehead atoms. The molecule has 7 nitrogen and oxygen atoms in total. The smallest absolute Gasteiger partial charge is 0.351 e. The molecule has 1 aromatic carbocycles. The number of carbonyl (C=O) groups is 2. The number of hydrogen-bond donors (Lipinski definition) is 1. The zero-order chi connectivity index (χ0) is 19.6. The van der Waals surface area contributed by atoms with Gasteiger partial charge >= 0.3 is 5.97 Å². The second-order valence-corrected chi connectivity index (χ2v) is 9.68. The Morgan fingerprint density at radius 1 is 1.30 bits per heavy atom. The number of ether oxygens (including phenoxy) is 1. The van der Waals surface area contributed by atoms with Gasteiger partial charge < -0.3 is 10.1 Å². The van der Waals surface area contributed by atoms with Crippen molar-refractivity contribution in [3.05, 3.63) is 40.9 Å². The van der Waals surface area contributed by atoms with Crippen molar-refractivity contribution in [2.75, 3.05) is 11.5 Å². The quantitative estimate of drug-likeness (QED) is 0.759. The fraction of sp³-hybridized carbons (Fsp3) is 0.389. The van der Waals surface area contributed by atoms with Crippen molar-refractivity contribution in [3.63, 3.8) is 0 Å². The Morgan fingerprint density at radius 2 is 2.00 bits per heavy atom. The predicted molar refractivity (Wildman–Crippen MR) is 102 cm³/mol. The molecule has 0 spiro atoms. The molecule has 1 aromatic heterocycles. The van der Waals surface area contributed by atoms with E-state index in [4.69, 9.17) is 4.74 Å². The van der Waals surface area contributed by atoms with Gasteiger partial charge in [0.15, 0.2) is 15.9 Å². The van der Waals surface area contributed by atoms with Crippen LogP contribution in [0.3, 0.4) is 0 Å². The molecule has 0 saturated carbocycles. The normalized spacial score (nSPS) is 19.4. The topological polar surface area (TPSA) is 102 Å². The van der Waals surface area contributed by atoms with Gasteiger partial charge in [-0.15, -0.1) is 11.3 Å². The lowest BCUT2D eigenvalue weighted by molar-refractivity contribution is -0.129. The number of sulfone groups is 1. The number of rotatable bonds is 5. The molecule has 0 aliphatic carbocycles. The summed E-state index contributed by atoms with van der Waals surface area (Å²) in [5.41, 5.74) is 1.44. The fourth-order valence-electron chi connectivity index (χ4n) is 2.78. The van der Waals surface area contributed by atoms with E-state index in [1.807, 2.05) is 30.3 Å². The van der Waals surface area contributed by atoms with E-state index in [-0.39, 0.29) is 11.5 Å². The van der Waals surface area contributed by atoms with E-state index in [2.05, 4.69) is 10.3 Å². The Morgan fingerprint density at radius 3 is 2.63 bits per heavy atom. The largest absolute Gasteiger partial charge is 0.448 e. The van der Waals surface area contributed by atoms with E-state index in [0.29, 0.717) is 22.0 Å². The maximum absolute atomic E-state index is 12.4. The minimum atomic E-state index is -3.09. The highest BCUT2D eigenvalue weighted by atomic mass is 32.2. The van der Waals surface area contributed by atoms with Crippen molar-refractivity contribution in [2.24, 2.45) is 0 Å². The zero-order valence-electron chi connectivity index (χ0n) is 15.0. The second kappa shape index (κ2) is 7.77. The van der Waals surface area contributed by atoms with E-state index in [9.17, 15) is 18.0 Å². The molecule has 0 radical (unpaired) electrons. The highest BCUT2D eigenvalue weighted by Crippen LogP contribution is 2.28. The van der Waals surface area contributed by atoms with Crippen LogP contribution in [-0.2, 0) is 19.4 Å². The maximum atomic E-state index is 12.4. The molecule has 1 aliphatic heterocycles. The van der Waals surface area contributed by atoms with Crippen LogP contribution in [0.15, 0.2) is 30.3 Å². The van der Waals surface area contributed by atoms with E-state index in [1.165, 1.54) is 18.3 Å². The molecule has 2 heterocycles. The van der Waals surface area contributed by atoms with Crippen LogP contribution in [0.25, 0.3) is 10.6 Å². The summed E-state index contributed by atoms with van der Waals surface area (Å²) < 4.78 is 28.2. The Kier molecular flexibility index (Phi) is 5.61. The van der Waals surface area contributed by atoms with Crippen LogP contribution in [-0.4, -0.2) is 48.9 Å². The number of aryl methyl sites for hydroxylation is 1. The molecule has 144 valence electrons. The van der Waals surface area contributed by atoms with Crippen LogP contribution in [0.5, 0.6) is 0 Å². The lowest BCUT2D eigenvalue weighted by Crippen LogP contribution is -2.42. The number of nitrogens with one attached hydrogen (secondary N) is 1. The summed E-state index contributed by atoms with van der Waals surface area (Å²) >= 11 is 1.21. The van der Waals surface area contributed by atoms with E-state index in [0.717, 1.165) is 5.56 Å². The van der Waals surface area contributed by atoms with Crippen molar-refractivity contribution >= 4 is 33.1 Å². The molecular formula is C18H20N2O5S2. The van der Waals surface area contributed by atoms with Crippen molar-refractivity contribution in [2.45, 2.75) is 32.4 Å². The number of nitrogens with zero attached hydrogens (tertiary/aromatic N) is 1. The van der Waals surface area contributed by atoms with E-state index >= 15 is 0 Å². The van der Waals surface area contributed by atoms with E-state index in [1.54, 1.807) is 6.92 Å². The maximum Gasteiger partial charge on any atom is 0.351 e. The third kappa shape index (κ3) is 4.72. The number of hydrogen-bond acceptors (Lipinski definition) is 7. The number of carbonyl (C=O) groups excluding carboxylic acids is 2. The lowest BCUT2D eigenvalue weighted by Gasteiger charge is -2.16. The summed E-state index contributed by atoms with van der Waals surface area (Å²) in [6.07, 6.45) is -0.647. The Hall–Kier alpha value is -2.26. The molecule has 2 atom stereocenters. The molecule has 1 N–H and O–H groups in total. The van der Waals surface area contributed by atoms with Crippen LogP contribution in [0.4, 0.5) is 0 Å². The first-order valence-electron chi connectivity index (χ1n) is 8.50. The third-order valence-electron chi connectivity index (χ3n) is 4.23. The molecule has 3 rings (SSSR count). The lowest BCUT2D eigenvalue weighted by atomic mass is 10.2. The fourth-order valence-corrected chi connectivity index (χ4v) is 5.41. The first kappa shape index (κ1) is 19.5. The van der Waals surface area contributed by atoms with Crippen molar-refractivity contribution in [1.29, 1.82) is 0 Å². The van der Waals surface area contributed by atoms with Gasteiger partial charge in [0.1, 0.15) is 9.88 Å². The van der Waals surface area contributed by atoms with Crippen molar-refractivity contribution < 1.29 is 22.7 Å². The van der Waals surface area contributed by atoms with Crippen LogP contribution in [0.1, 0.15) is 28.7 Å². The minimum absolute atomic E-state index is 0.0639. The van der Waals surface area contributed by atoms with Gasteiger partial charge in [-0.3, -0.25) is 4.79 Å². The average molecular weight is 409 g/mol. The van der Waals surface area contributed by atoms with Gasteiger partial charge in [0.25, 0.3) is 5.91 Å². The van der Waals surface area contributed by atoms with Gasteiger partial charge in [0.2, 0.25) is 0 Å². The molecule has 1 saturated heterocycles. The molecule has 1 aliphatic rings. The monoisotopic (exact) mass is 408 g/mol. The summed E-state index contributed by atoms with van der Waals surface area (Å²) in [5, 5.41) is 3.33. The molecule has 2 aromatic rings. The Balaban J connectivity index is 1.63. The summed E-state index contributed by atoms with van der Waals surface area (Å²) in [6.45, 7) is 3.18. The van der Waals surface area contributed by atoms with Gasteiger partial charge in [0, 0.05) is 11.6 Å². The highest BCUT2D eigenvalue weighted by Gasteiger charge is 2.31. The SMILES string of the molecule is Cc1nc(-c2ccccc2)sc1C(=O)O[C@H](C)C(=O)N[C@@H]1CCS(=O)(=O)C1. The highest BCUT2D eigenvalue weighted by molar-refractivity contribution is 7.91. The standard InChI is InChI=1S/C18H20N2O5S2/c1-11-15(26-17(19-11)13-6-4-3-5-7-13)18(22)25-12(2)16(21)20-14-8-9-27(23,24)10-14/h3-7,12,14H,8-10H2,1-2H3,(H,20,21)/t12-,14-/m1/s1. The summed E-state index contributed by atoms with van der Waals surface area (Å²) in [6, 6.07) is 9.05. The number of aromatic nitrogens is 1. The zero-order valence-corrected chi connectivity index (χ0v) is 16.6. The number of benzene rings is 1. The summed E-state index contributed by atoms with van der Waals surface area (Å²) in [7, 11) is -3.09. The van der Waals surface area contributed by atoms with Crippen molar-refractivity contribution in [3.8, 4) is 10.6 Å². The van der Waals surface area contributed by atoms with Crippen LogP contribution >= 0.6 is 11.3 Å². The Labute approximate surface area is 161 Å². The predicted octanol–water partition coefficient (Wildman–Crippen LogP) is 1.97. The molecule has 0 unspecified atom stereocenters.